The molecule has 7 heterocycles. The smallest absolute Gasteiger partial charge is 0.138 e. The van der Waals surface area contributed by atoms with Gasteiger partial charge in [0.2, 0.25) is 0 Å². The zero-order valence-corrected chi connectivity index (χ0v) is 23.7. The summed E-state index contributed by atoms with van der Waals surface area (Å²) in [5, 5.41) is 0. The van der Waals surface area contributed by atoms with Gasteiger partial charge < -0.3 is 0 Å². The van der Waals surface area contributed by atoms with Crippen molar-refractivity contribution in [3.8, 4) is 0 Å². The highest BCUT2D eigenvalue weighted by Crippen LogP contribution is 2.45. The van der Waals surface area contributed by atoms with Crippen LogP contribution >= 0.6 is 0 Å². The molecule has 0 aliphatic heterocycles. The first-order valence-electron chi connectivity index (χ1n) is 14.3. The molecule has 7 nitrogen and oxygen atoms in total. The number of pyridine rings is 7. The minimum Gasteiger partial charge on any atom is -0.259 e. The topological polar surface area (TPSA) is 90.2 Å². The highest BCUT2D eigenvalue weighted by Gasteiger charge is 2.47. The summed E-state index contributed by atoms with van der Waals surface area (Å²) in [6, 6.07) is 41.4. The van der Waals surface area contributed by atoms with Crippen molar-refractivity contribution < 1.29 is 0 Å². The van der Waals surface area contributed by atoms with Crippen LogP contribution in [0.4, 0.5) is 0 Å². The van der Waals surface area contributed by atoms with E-state index >= 15 is 0 Å². The fourth-order valence-electron chi connectivity index (χ4n) is 5.93. The molecule has 0 N–H and O–H groups in total. The van der Waals surface area contributed by atoms with Crippen molar-refractivity contribution in [1.29, 1.82) is 0 Å². The van der Waals surface area contributed by atoms with E-state index in [2.05, 4.69) is 0 Å². The molecule has 7 rings (SSSR count). The first-order valence-corrected chi connectivity index (χ1v) is 14.3. The van der Waals surface area contributed by atoms with E-state index in [9.17, 15) is 0 Å². The van der Waals surface area contributed by atoms with Crippen LogP contribution in [-0.2, 0) is 10.8 Å². The molecule has 7 aromatic rings. The number of hydrogen-bond acceptors (Lipinski definition) is 7. The van der Waals surface area contributed by atoms with Gasteiger partial charge in [-0.15, -0.1) is 0 Å². The maximum Gasteiger partial charge on any atom is 0.138 e. The van der Waals surface area contributed by atoms with Gasteiger partial charge in [-0.25, -0.2) is 0 Å². The fourth-order valence-corrected chi connectivity index (χ4v) is 5.93. The molecule has 0 amide bonds. The second-order valence-electron chi connectivity index (χ2n) is 10.2. The van der Waals surface area contributed by atoms with Crippen molar-refractivity contribution in [3.05, 3.63) is 210 Å². The van der Waals surface area contributed by atoms with Crippen molar-refractivity contribution in [2.75, 3.05) is 0 Å². The Balaban J connectivity index is 1.61. The number of aromatic nitrogens is 7. The van der Waals surface area contributed by atoms with E-state index in [0.717, 1.165) is 34.2 Å². The van der Waals surface area contributed by atoms with Gasteiger partial charge in [0, 0.05) is 37.2 Å². The Morgan fingerprint density at radius 3 is 0.682 bits per heavy atom. The fraction of sp³-hybridized carbons (Fsp3) is 0.0541. The maximum atomic E-state index is 5.54. The first kappa shape index (κ1) is 26.9. The van der Waals surface area contributed by atoms with E-state index in [1.807, 2.05) is 127 Å². The summed E-state index contributed by atoms with van der Waals surface area (Å²) < 4.78 is 0. The SMILES string of the molecule is c1ccc(C(c2ccccn2)(c2ccccn2)c2cccc(C(c3ccccn3)(c3ccccn3)c3ccccn3)n2)nc1. The third kappa shape index (κ3) is 4.42. The van der Waals surface area contributed by atoms with Crippen LogP contribution in [0.5, 0.6) is 0 Å². The number of rotatable bonds is 8. The Bertz CT molecular complexity index is 1600. The normalized spacial score (nSPS) is 11.6. The largest absolute Gasteiger partial charge is 0.259 e. The quantitative estimate of drug-likeness (QED) is 0.215. The van der Waals surface area contributed by atoms with Gasteiger partial charge in [0.25, 0.3) is 0 Å². The molecule has 0 spiro atoms. The summed E-state index contributed by atoms with van der Waals surface area (Å²) in [5.74, 6) is 0. The predicted octanol–water partition coefficient (Wildman–Crippen LogP) is 6.22. The molecule has 44 heavy (non-hydrogen) atoms. The Morgan fingerprint density at radius 2 is 0.477 bits per heavy atom. The molecule has 0 aromatic carbocycles. The highest BCUT2D eigenvalue weighted by atomic mass is 14.9. The van der Waals surface area contributed by atoms with E-state index in [-0.39, 0.29) is 0 Å². The van der Waals surface area contributed by atoms with Crippen LogP contribution in [0.15, 0.2) is 165 Å². The molecule has 0 aliphatic rings. The number of hydrogen-bond donors (Lipinski definition) is 0. The molecule has 0 bridgehead atoms. The zero-order valence-electron chi connectivity index (χ0n) is 23.7. The van der Waals surface area contributed by atoms with E-state index in [1.165, 1.54) is 0 Å². The van der Waals surface area contributed by atoms with Gasteiger partial charge in [-0.05, 0) is 84.9 Å². The highest BCUT2D eigenvalue weighted by molar-refractivity contribution is 5.56. The Labute approximate surface area is 255 Å². The molecule has 0 unspecified atom stereocenters. The Kier molecular flexibility index (Phi) is 7.18. The van der Waals surface area contributed by atoms with Crippen molar-refractivity contribution in [2.45, 2.75) is 10.8 Å². The summed E-state index contributed by atoms with van der Waals surface area (Å²) in [6.45, 7) is 0. The molecule has 0 fully saturated rings. The lowest BCUT2D eigenvalue weighted by Crippen LogP contribution is -2.38. The van der Waals surface area contributed by atoms with Gasteiger partial charge in [0.05, 0.1) is 45.6 Å². The summed E-state index contributed by atoms with van der Waals surface area (Å²) >= 11 is 0. The maximum absolute atomic E-state index is 5.54. The van der Waals surface area contributed by atoms with Crippen LogP contribution in [0.2, 0.25) is 0 Å². The van der Waals surface area contributed by atoms with E-state index in [4.69, 9.17) is 34.9 Å². The average molecular weight is 570 g/mol. The van der Waals surface area contributed by atoms with Crippen molar-refractivity contribution in [3.63, 3.8) is 0 Å². The van der Waals surface area contributed by atoms with Crippen LogP contribution in [0.3, 0.4) is 0 Å². The molecular weight excluding hydrogens is 542 g/mol. The van der Waals surface area contributed by atoms with E-state index in [1.54, 1.807) is 37.2 Å². The number of nitrogens with zero attached hydrogens (tertiary/aromatic N) is 7. The lowest BCUT2D eigenvalue weighted by atomic mass is 9.71. The Hall–Kier alpha value is -5.95. The predicted molar refractivity (Wildman–Crippen MR) is 168 cm³/mol. The summed E-state index contributed by atoms with van der Waals surface area (Å²) in [4.78, 5) is 34.9. The van der Waals surface area contributed by atoms with Gasteiger partial charge in [-0.2, -0.15) is 0 Å². The minimum atomic E-state index is -1.04. The van der Waals surface area contributed by atoms with Crippen molar-refractivity contribution in [2.24, 2.45) is 0 Å². The second kappa shape index (κ2) is 11.7. The molecule has 0 radical (unpaired) electrons. The second-order valence-corrected chi connectivity index (χ2v) is 10.2. The van der Waals surface area contributed by atoms with Crippen LogP contribution < -0.4 is 0 Å². The van der Waals surface area contributed by atoms with E-state index < -0.39 is 10.8 Å². The zero-order chi connectivity index (χ0) is 29.7. The van der Waals surface area contributed by atoms with Gasteiger partial charge in [0.1, 0.15) is 10.8 Å². The summed E-state index contributed by atoms with van der Waals surface area (Å²) in [7, 11) is 0. The standard InChI is InChI=1S/C37H27N7/c1-7-22-38-28(14-1)36(29-15-2-8-23-39-29,30-16-3-9-24-40-30)34-20-13-21-35(44-34)37(31-17-4-10-25-41-31,32-18-5-11-26-42-32)33-19-6-12-27-43-33/h1-27H. The van der Waals surface area contributed by atoms with Crippen LogP contribution in [0.25, 0.3) is 0 Å². The van der Waals surface area contributed by atoms with Crippen molar-refractivity contribution >= 4 is 0 Å². The van der Waals surface area contributed by atoms with Crippen LogP contribution in [-0.4, -0.2) is 34.9 Å². The van der Waals surface area contributed by atoms with Crippen LogP contribution in [0, 0.1) is 0 Å². The van der Waals surface area contributed by atoms with Gasteiger partial charge in [0.15, 0.2) is 0 Å². The molecular formula is C37H27N7. The minimum absolute atomic E-state index is 0.707. The van der Waals surface area contributed by atoms with Gasteiger partial charge in [-0.3, -0.25) is 34.9 Å². The summed E-state index contributed by atoms with van der Waals surface area (Å²) in [5.41, 5.74) is 3.84. The third-order valence-electron chi connectivity index (χ3n) is 7.81. The first-order chi connectivity index (χ1) is 21.8. The summed E-state index contributed by atoms with van der Waals surface area (Å²) in [6.07, 6.45) is 10.7. The lowest BCUT2D eigenvalue weighted by Gasteiger charge is -2.35. The van der Waals surface area contributed by atoms with Gasteiger partial charge >= 0.3 is 0 Å². The Morgan fingerprint density at radius 1 is 0.250 bits per heavy atom. The monoisotopic (exact) mass is 569 g/mol. The third-order valence-corrected chi connectivity index (χ3v) is 7.81. The molecule has 7 aromatic heterocycles. The van der Waals surface area contributed by atoms with E-state index in [0.29, 0.717) is 11.4 Å². The lowest BCUT2D eigenvalue weighted by molar-refractivity contribution is 0.604. The molecule has 7 heteroatoms. The molecule has 210 valence electrons. The van der Waals surface area contributed by atoms with Gasteiger partial charge in [-0.1, -0.05) is 42.5 Å². The molecule has 0 saturated carbocycles. The molecule has 0 saturated heterocycles. The molecule has 0 aliphatic carbocycles. The molecule has 0 atom stereocenters. The van der Waals surface area contributed by atoms with Crippen LogP contribution in [0.1, 0.15) is 45.6 Å². The van der Waals surface area contributed by atoms with Crippen molar-refractivity contribution in [1.82, 2.24) is 34.9 Å². The average Bonchev–Trinajstić information content (AvgIpc) is 3.12.